The molecule has 2 aromatic rings. The zero-order valence-electron chi connectivity index (χ0n) is 15.9. The van der Waals surface area contributed by atoms with Crippen LogP contribution in [0.5, 0.6) is 11.5 Å². The second-order valence-corrected chi connectivity index (χ2v) is 8.39. The molecule has 2 aromatic carbocycles. The Morgan fingerprint density at radius 2 is 1.89 bits per heavy atom. The summed E-state index contributed by atoms with van der Waals surface area (Å²) in [4.78, 5) is 12.3. The van der Waals surface area contributed by atoms with Gasteiger partial charge in [0.1, 0.15) is 24.7 Å². The Hall–Kier alpha value is -2.45. The molecule has 0 radical (unpaired) electrons. The van der Waals surface area contributed by atoms with E-state index in [1.807, 2.05) is 31.2 Å². The van der Waals surface area contributed by atoms with Crippen molar-refractivity contribution in [1.82, 2.24) is 5.32 Å². The Balaban J connectivity index is 2.00. The van der Waals surface area contributed by atoms with Crippen molar-refractivity contribution in [2.45, 2.75) is 6.92 Å². The molecule has 0 aliphatic carbocycles. The van der Waals surface area contributed by atoms with Crippen molar-refractivity contribution in [3.63, 3.8) is 0 Å². The standard InChI is InChI=1S/C19H23ClN2O5S/c1-14-6-4-5-7-17(14)27-11-10-21-19(23)13-22(28(3,24)25)16-12-15(20)8-9-18(16)26-2/h4-9,12H,10-11,13H2,1-3H3,(H,21,23). The summed E-state index contributed by atoms with van der Waals surface area (Å²) < 4.78 is 36.2. The number of anilines is 1. The number of halogens is 1. The number of amides is 1. The second kappa shape index (κ2) is 9.66. The first kappa shape index (κ1) is 21.8. The van der Waals surface area contributed by atoms with E-state index in [9.17, 15) is 13.2 Å². The maximum absolute atomic E-state index is 12.3. The first-order valence-electron chi connectivity index (χ1n) is 8.48. The molecule has 9 heteroatoms. The molecule has 0 bridgehead atoms. The van der Waals surface area contributed by atoms with E-state index in [0.29, 0.717) is 10.8 Å². The number of rotatable bonds is 9. The highest BCUT2D eigenvalue weighted by Crippen LogP contribution is 2.32. The molecule has 0 spiro atoms. The van der Waals surface area contributed by atoms with Gasteiger partial charge in [-0.2, -0.15) is 0 Å². The molecule has 1 N–H and O–H groups in total. The number of para-hydroxylation sites is 1. The van der Waals surface area contributed by atoms with Crippen LogP contribution in [-0.2, 0) is 14.8 Å². The average molecular weight is 427 g/mol. The molecule has 0 saturated heterocycles. The largest absolute Gasteiger partial charge is 0.495 e. The molecule has 0 fully saturated rings. The lowest BCUT2D eigenvalue weighted by Gasteiger charge is -2.24. The van der Waals surface area contributed by atoms with Gasteiger partial charge in [0.05, 0.1) is 25.6 Å². The second-order valence-electron chi connectivity index (χ2n) is 6.05. The van der Waals surface area contributed by atoms with Gasteiger partial charge in [-0.25, -0.2) is 8.42 Å². The quantitative estimate of drug-likeness (QED) is 0.623. The van der Waals surface area contributed by atoms with E-state index in [2.05, 4.69) is 5.32 Å². The van der Waals surface area contributed by atoms with E-state index in [1.54, 1.807) is 12.1 Å². The molecule has 7 nitrogen and oxygen atoms in total. The lowest BCUT2D eigenvalue weighted by atomic mass is 10.2. The zero-order valence-corrected chi connectivity index (χ0v) is 17.5. The van der Waals surface area contributed by atoms with Crippen molar-refractivity contribution in [1.29, 1.82) is 0 Å². The number of nitrogens with zero attached hydrogens (tertiary/aromatic N) is 1. The molecule has 152 valence electrons. The summed E-state index contributed by atoms with van der Waals surface area (Å²) in [7, 11) is -2.33. The van der Waals surface area contributed by atoms with Crippen molar-refractivity contribution in [3.05, 3.63) is 53.1 Å². The van der Waals surface area contributed by atoms with Crippen molar-refractivity contribution in [3.8, 4) is 11.5 Å². The topological polar surface area (TPSA) is 84.9 Å². The maximum Gasteiger partial charge on any atom is 0.240 e. The highest BCUT2D eigenvalue weighted by Gasteiger charge is 2.24. The van der Waals surface area contributed by atoms with Crippen LogP contribution in [0.15, 0.2) is 42.5 Å². The van der Waals surface area contributed by atoms with Gasteiger partial charge in [0.2, 0.25) is 15.9 Å². The maximum atomic E-state index is 12.3. The fourth-order valence-electron chi connectivity index (χ4n) is 2.50. The molecule has 0 aromatic heterocycles. The van der Waals surface area contributed by atoms with E-state index in [0.717, 1.165) is 21.9 Å². The van der Waals surface area contributed by atoms with Crippen LogP contribution in [0.3, 0.4) is 0 Å². The Kier molecular flexibility index (Phi) is 7.53. The normalized spacial score (nSPS) is 11.0. The highest BCUT2D eigenvalue weighted by molar-refractivity contribution is 7.92. The summed E-state index contributed by atoms with van der Waals surface area (Å²) >= 11 is 5.98. The van der Waals surface area contributed by atoms with Crippen LogP contribution in [0.4, 0.5) is 5.69 Å². The van der Waals surface area contributed by atoms with Gasteiger partial charge < -0.3 is 14.8 Å². The molecule has 0 aliphatic heterocycles. The first-order valence-corrected chi connectivity index (χ1v) is 10.7. The number of hydrogen-bond acceptors (Lipinski definition) is 5. The van der Waals surface area contributed by atoms with E-state index in [-0.39, 0.29) is 18.8 Å². The summed E-state index contributed by atoms with van der Waals surface area (Å²) in [5.74, 6) is 0.560. The zero-order chi connectivity index (χ0) is 20.7. The molecule has 28 heavy (non-hydrogen) atoms. The molecular weight excluding hydrogens is 404 g/mol. The van der Waals surface area contributed by atoms with Gasteiger partial charge >= 0.3 is 0 Å². The minimum absolute atomic E-state index is 0.198. The van der Waals surface area contributed by atoms with Crippen LogP contribution in [0.2, 0.25) is 5.02 Å². The Morgan fingerprint density at radius 1 is 1.18 bits per heavy atom. The minimum Gasteiger partial charge on any atom is -0.495 e. The molecule has 2 rings (SSSR count). The van der Waals surface area contributed by atoms with E-state index < -0.39 is 22.5 Å². The van der Waals surface area contributed by atoms with Crippen LogP contribution in [0, 0.1) is 6.92 Å². The summed E-state index contributed by atoms with van der Waals surface area (Å²) in [5.41, 5.74) is 1.19. The molecule has 0 saturated carbocycles. The number of aryl methyl sites for hydroxylation is 1. The predicted molar refractivity (Wildman–Crippen MR) is 110 cm³/mol. The molecule has 0 atom stereocenters. The van der Waals surface area contributed by atoms with E-state index >= 15 is 0 Å². The van der Waals surface area contributed by atoms with Crippen LogP contribution in [-0.4, -0.2) is 47.4 Å². The molecule has 0 heterocycles. The third-order valence-electron chi connectivity index (χ3n) is 3.87. The first-order chi connectivity index (χ1) is 13.2. The Morgan fingerprint density at radius 3 is 2.54 bits per heavy atom. The number of benzene rings is 2. The average Bonchev–Trinajstić information content (AvgIpc) is 2.63. The fourth-order valence-corrected chi connectivity index (χ4v) is 3.51. The van der Waals surface area contributed by atoms with E-state index in [4.69, 9.17) is 21.1 Å². The Labute approximate surface area is 170 Å². The van der Waals surface area contributed by atoms with Crippen molar-refractivity contribution in [2.75, 3.05) is 37.4 Å². The lowest BCUT2D eigenvalue weighted by molar-refractivity contribution is -0.119. The molecule has 1 amide bonds. The number of hydrogen-bond donors (Lipinski definition) is 1. The van der Waals surface area contributed by atoms with E-state index in [1.165, 1.54) is 13.2 Å². The monoisotopic (exact) mass is 426 g/mol. The van der Waals surface area contributed by atoms with Gasteiger partial charge in [0.15, 0.2) is 0 Å². The molecule has 0 aliphatic rings. The number of sulfonamides is 1. The number of carbonyl (C=O) groups is 1. The van der Waals surface area contributed by atoms with Gasteiger partial charge in [0.25, 0.3) is 0 Å². The SMILES string of the molecule is COc1ccc(Cl)cc1N(CC(=O)NCCOc1ccccc1C)S(C)(=O)=O. The number of carbonyl (C=O) groups excluding carboxylic acids is 1. The molecule has 0 unspecified atom stereocenters. The lowest BCUT2D eigenvalue weighted by Crippen LogP contribution is -2.41. The summed E-state index contributed by atoms with van der Waals surface area (Å²) in [6, 6.07) is 12.1. The third kappa shape index (κ3) is 6.03. The predicted octanol–water partition coefficient (Wildman–Crippen LogP) is 2.62. The van der Waals surface area contributed by atoms with Gasteiger partial charge in [0, 0.05) is 5.02 Å². The van der Waals surface area contributed by atoms with Crippen molar-refractivity contribution < 1.29 is 22.7 Å². The van der Waals surface area contributed by atoms with Gasteiger partial charge in [-0.15, -0.1) is 0 Å². The van der Waals surface area contributed by atoms with Crippen LogP contribution >= 0.6 is 11.6 Å². The van der Waals surface area contributed by atoms with Crippen molar-refractivity contribution in [2.24, 2.45) is 0 Å². The summed E-state index contributed by atoms with van der Waals surface area (Å²) in [6.07, 6.45) is 1.02. The van der Waals surface area contributed by atoms with Crippen LogP contribution < -0.4 is 19.1 Å². The fraction of sp³-hybridized carbons (Fsp3) is 0.316. The molecular formula is C19H23ClN2O5S. The number of nitrogens with one attached hydrogen (secondary N) is 1. The smallest absolute Gasteiger partial charge is 0.240 e. The van der Waals surface area contributed by atoms with Crippen LogP contribution in [0.25, 0.3) is 0 Å². The van der Waals surface area contributed by atoms with Gasteiger partial charge in [-0.3, -0.25) is 9.10 Å². The summed E-state index contributed by atoms with van der Waals surface area (Å²) in [5, 5.41) is 2.98. The highest BCUT2D eigenvalue weighted by atomic mass is 35.5. The Bertz CT molecular complexity index is 934. The minimum atomic E-state index is -3.74. The summed E-state index contributed by atoms with van der Waals surface area (Å²) in [6.45, 7) is 2.02. The number of ether oxygens (including phenoxy) is 2. The third-order valence-corrected chi connectivity index (χ3v) is 5.23. The van der Waals surface area contributed by atoms with Gasteiger partial charge in [-0.05, 0) is 36.8 Å². The van der Waals surface area contributed by atoms with Crippen molar-refractivity contribution >= 4 is 33.2 Å². The van der Waals surface area contributed by atoms with Crippen LogP contribution in [0.1, 0.15) is 5.56 Å². The number of methoxy groups -OCH3 is 1. The van der Waals surface area contributed by atoms with Gasteiger partial charge in [-0.1, -0.05) is 29.8 Å².